The maximum Gasteiger partial charge on any atom is 0.162 e. The Morgan fingerprint density at radius 3 is 1.04 bits per heavy atom. The highest BCUT2D eigenvalue weighted by molar-refractivity contribution is 5.98. The topological polar surface area (TPSA) is 128 Å². The summed E-state index contributed by atoms with van der Waals surface area (Å²) >= 11 is 0. The Bertz CT molecular complexity index is 3670. The molecule has 8 heterocycles. The fraction of sp³-hybridized carbons (Fsp3) is 0. The number of ether oxygens (including phenoxy) is 2. The van der Waals surface area contributed by atoms with Gasteiger partial charge in [0, 0.05) is 70.8 Å². The monoisotopic (exact) mass is 980 g/mol. The molecule has 0 saturated heterocycles. The van der Waals surface area contributed by atoms with E-state index in [0.29, 0.717) is 45.8 Å². The molecule has 358 valence electrons. The molecule has 76 heavy (non-hydrogen) atoms. The zero-order valence-corrected chi connectivity index (χ0v) is 40.4. The van der Waals surface area contributed by atoms with Gasteiger partial charge in [0.2, 0.25) is 0 Å². The van der Waals surface area contributed by atoms with Gasteiger partial charge in [-0.3, -0.25) is 19.9 Å². The van der Waals surface area contributed by atoms with Gasteiger partial charge in [-0.2, -0.15) is 0 Å². The average molecular weight is 981 g/mol. The van der Waals surface area contributed by atoms with Crippen LogP contribution in [-0.2, 0) is 0 Å². The van der Waals surface area contributed by atoms with Gasteiger partial charge in [-0.25, -0.2) is 19.9 Å². The Labute approximate surface area is 437 Å². The maximum atomic E-state index is 6.51. The van der Waals surface area contributed by atoms with Crippen LogP contribution in [0.2, 0.25) is 0 Å². The maximum absolute atomic E-state index is 6.51. The lowest BCUT2D eigenvalue weighted by molar-refractivity contribution is 0.477. The minimum atomic E-state index is 0.502. The van der Waals surface area contributed by atoms with Crippen molar-refractivity contribution in [3.8, 4) is 102 Å². The van der Waals surface area contributed by atoms with Gasteiger partial charge < -0.3 is 19.3 Å². The summed E-state index contributed by atoms with van der Waals surface area (Å²) in [6.07, 6.45) is 10.6. The van der Waals surface area contributed by atoms with E-state index in [-0.39, 0.29) is 0 Å². The molecule has 0 saturated carbocycles. The van der Waals surface area contributed by atoms with E-state index >= 15 is 0 Å². The molecule has 0 spiro atoms. The predicted molar refractivity (Wildman–Crippen MR) is 296 cm³/mol. The summed E-state index contributed by atoms with van der Waals surface area (Å²) in [4.78, 5) is 44.1. The van der Waals surface area contributed by atoms with Gasteiger partial charge in [0.05, 0.1) is 56.9 Å². The highest BCUT2D eigenvalue weighted by atomic mass is 16.5. The van der Waals surface area contributed by atoms with Crippen LogP contribution in [0, 0.1) is 0 Å². The molecule has 2 aliphatic rings. The SMILES string of the molecule is c1ccc(-c2cc(-c3cc(N4c5ccccc5Oc5ccccc54)ccc3-c3ccc(N4c5ccccc5Oc5ccccc54)cc3-c3cc(-c4ccccn4)nc(-c4cccnc4)n3)nc(-c3cccnc3)n2)nc1. The van der Waals surface area contributed by atoms with Crippen molar-refractivity contribution < 1.29 is 9.47 Å². The van der Waals surface area contributed by atoms with Gasteiger partial charge in [-0.15, -0.1) is 0 Å². The van der Waals surface area contributed by atoms with E-state index in [4.69, 9.17) is 39.4 Å². The summed E-state index contributed by atoms with van der Waals surface area (Å²) < 4.78 is 13.0. The van der Waals surface area contributed by atoms with Crippen LogP contribution in [0.3, 0.4) is 0 Å². The standard InChI is InChI=1S/C64H40N10O2/c1-5-23-59-55(19-1)73(56-20-2-6-24-60(56)75-59)43-27-29-45(47(35-43)51-37-53(49-17-9-11-33-67-49)71-63(69-51)41-15-13-31-65-39-41)46-30-28-44(74-57-21-3-7-25-61(57)76-62-26-8-4-22-58(62)74)36-48(46)52-38-54(50-18-10-12-34-68-50)72-64(70-52)42-16-14-32-66-40-42/h1-40H. The van der Waals surface area contributed by atoms with E-state index < -0.39 is 0 Å². The van der Waals surface area contributed by atoms with E-state index in [2.05, 4.69) is 80.4 Å². The van der Waals surface area contributed by atoms with Crippen molar-refractivity contribution in [2.75, 3.05) is 9.80 Å². The number of pyridine rings is 4. The van der Waals surface area contributed by atoms with Crippen molar-refractivity contribution in [2.45, 2.75) is 0 Å². The zero-order chi connectivity index (χ0) is 50.4. The largest absolute Gasteiger partial charge is 0.453 e. The van der Waals surface area contributed by atoms with Crippen molar-refractivity contribution in [2.24, 2.45) is 0 Å². The van der Waals surface area contributed by atoms with E-state index in [1.165, 1.54) is 0 Å². The van der Waals surface area contributed by atoms with Crippen molar-refractivity contribution in [1.29, 1.82) is 0 Å². The number of benzene rings is 6. The third-order valence-electron chi connectivity index (χ3n) is 13.4. The van der Waals surface area contributed by atoms with Crippen molar-refractivity contribution in [3.05, 3.63) is 243 Å². The molecule has 0 amide bonds. The first-order valence-electron chi connectivity index (χ1n) is 24.7. The van der Waals surface area contributed by atoms with Crippen LogP contribution < -0.4 is 19.3 Å². The van der Waals surface area contributed by atoms with E-state index in [9.17, 15) is 0 Å². The second kappa shape index (κ2) is 18.7. The molecule has 0 aliphatic carbocycles. The molecule has 12 nitrogen and oxygen atoms in total. The Morgan fingerprint density at radius 1 is 0.289 bits per heavy atom. The number of rotatable bonds is 9. The highest BCUT2D eigenvalue weighted by Crippen LogP contribution is 2.54. The van der Waals surface area contributed by atoms with Crippen LogP contribution in [0.25, 0.3) is 79.2 Å². The summed E-state index contributed by atoms with van der Waals surface area (Å²) in [7, 11) is 0. The minimum absolute atomic E-state index is 0.502. The van der Waals surface area contributed by atoms with E-state index in [0.717, 1.165) is 90.5 Å². The molecule has 0 unspecified atom stereocenters. The Hall–Kier alpha value is -10.7. The van der Waals surface area contributed by atoms with Crippen LogP contribution in [0.1, 0.15) is 0 Å². The van der Waals surface area contributed by atoms with Crippen LogP contribution in [0.5, 0.6) is 23.0 Å². The summed E-state index contributed by atoms with van der Waals surface area (Å²) in [5.74, 6) is 3.97. The summed E-state index contributed by atoms with van der Waals surface area (Å²) in [5, 5.41) is 0. The molecule has 2 aliphatic heterocycles. The van der Waals surface area contributed by atoms with Crippen molar-refractivity contribution in [1.82, 2.24) is 39.9 Å². The third-order valence-corrected chi connectivity index (χ3v) is 13.4. The first kappa shape index (κ1) is 44.0. The van der Waals surface area contributed by atoms with Crippen molar-refractivity contribution in [3.63, 3.8) is 0 Å². The predicted octanol–water partition coefficient (Wildman–Crippen LogP) is 15.7. The molecule has 12 heteroatoms. The van der Waals surface area contributed by atoms with Gasteiger partial charge in [-0.05, 0) is 145 Å². The summed E-state index contributed by atoms with van der Waals surface area (Å²) in [6.45, 7) is 0. The zero-order valence-electron chi connectivity index (χ0n) is 40.4. The molecular formula is C64H40N10O2. The van der Waals surface area contributed by atoms with Crippen LogP contribution >= 0.6 is 0 Å². The van der Waals surface area contributed by atoms with E-state index in [1.807, 2.05) is 146 Å². The quantitative estimate of drug-likeness (QED) is 0.137. The molecule has 0 bridgehead atoms. The van der Waals surface area contributed by atoms with Gasteiger partial charge in [0.1, 0.15) is 0 Å². The van der Waals surface area contributed by atoms with Gasteiger partial charge in [-0.1, -0.05) is 72.8 Å². The Morgan fingerprint density at radius 2 is 0.671 bits per heavy atom. The number of anilines is 6. The molecule has 0 atom stereocenters. The lowest BCUT2D eigenvalue weighted by Gasteiger charge is -2.33. The fourth-order valence-electron chi connectivity index (χ4n) is 9.91. The third kappa shape index (κ3) is 7.99. The number of hydrogen-bond acceptors (Lipinski definition) is 12. The van der Waals surface area contributed by atoms with Gasteiger partial charge in [0.15, 0.2) is 34.6 Å². The lowest BCUT2D eigenvalue weighted by Crippen LogP contribution is -2.16. The van der Waals surface area contributed by atoms with Crippen LogP contribution in [0.4, 0.5) is 34.1 Å². The second-order valence-electron chi connectivity index (χ2n) is 18.0. The molecule has 12 aromatic rings. The summed E-state index contributed by atoms with van der Waals surface area (Å²) in [6, 6.07) is 68.9. The Balaban J connectivity index is 1.07. The summed E-state index contributed by atoms with van der Waals surface area (Å²) in [5.41, 5.74) is 14.3. The van der Waals surface area contributed by atoms with Crippen molar-refractivity contribution >= 4 is 34.1 Å². The molecule has 0 radical (unpaired) electrons. The first-order chi connectivity index (χ1) is 37.7. The van der Waals surface area contributed by atoms with Gasteiger partial charge in [0.25, 0.3) is 0 Å². The number of nitrogens with zero attached hydrogens (tertiary/aromatic N) is 10. The molecule has 6 aromatic carbocycles. The molecule has 6 aromatic heterocycles. The molecule has 14 rings (SSSR count). The fourth-order valence-corrected chi connectivity index (χ4v) is 9.91. The van der Waals surface area contributed by atoms with E-state index in [1.54, 1.807) is 37.2 Å². The average Bonchev–Trinajstić information content (AvgIpc) is 3.51. The van der Waals surface area contributed by atoms with Crippen LogP contribution in [-0.4, -0.2) is 39.9 Å². The number of para-hydroxylation sites is 8. The minimum Gasteiger partial charge on any atom is -0.453 e. The number of fused-ring (bicyclic) bond motifs is 4. The highest BCUT2D eigenvalue weighted by Gasteiger charge is 2.30. The van der Waals surface area contributed by atoms with Crippen LogP contribution in [0.15, 0.2) is 243 Å². The van der Waals surface area contributed by atoms with Gasteiger partial charge >= 0.3 is 0 Å². The molecule has 0 fully saturated rings. The normalized spacial score (nSPS) is 12.1. The smallest absolute Gasteiger partial charge is 0.162 e. The Kier molecular flexibility index (Phi) is 10.8. The molecule has 0 N–H and O–H groups in total. The first-order valence-corrected chi connectivity index (χ1v) is 24.7. The number of aromatic nitrogens is 8. The number of hydrogen-bond donors (Lipinski definition) is 0. The molecular weight excluding hydrogens is 941 g/mol. The second-order valence-corrected chi connectivity index (χ2v) is 18.0. The lowest BCUT2D eigenvalue weighted by atomic mass is 9.90.